The summed E-state index contributed by atoms with van der Waals surface area (Å²) >= 11 is 0. The number of anilines is 2. The molecule has 36 heavy (non-hydrogen) atoms. The highest BCUT2D eigenvalue weighted by Crippen LogP contribution is 2.23. The molecule has 1 aliphatic rings. The predicted molar refractivity (Wildman–Crippen MR) is 150 cm³/mol. The van der Waals surface area contributed by atoms with Crippen LogP contribution in [0.5, 0.6) is 0 Å². The average Bonchev–Trinajstić information content (AvgIpc) is 3.34. The molecule has 1 fully saturated rings. The fraction of sp³-hybridized carbons (Fsp3) is 0.267. The Morgan fingerprint density at radius 2 is 1.64 bits per heavy atom. The summed E-state index contributed by atoms with van der Waals surface area (Å²) in [7, 11) is 0. The van der Waals surface area contributed by atoms with Gasteiger partial charge < -0.3 is 27.0 Å². The number of nitrogens with zero attached hydrogens (tertiary/aromatic N) is 1. The summed E-state index contributed by atoms with van der Waals surface area (Å²) in [5.74, 6) is 0. The molecule has 0 aliphatic carbocycles. The standard InChI is InChI=1S/C17H20N2.C13H18FN3/c1-3-19-17(15-7-5-4-6-8-15)16-11-9-14(10-12-16)13(2)18;1-10(17-7-6-11(14)9-17)8-16-13-5-3-2-4-12(13)15/h3-13,17,19H,1,18H2,2H3;2-5,11,16H,1,6-9,15H2. The van der Waals surface area contributed by atoms with Crippen LogP contribution in [-0.4, -0.2) is 30.7 Å². The molecule has 3 aromatic rings. The summed E-state index contributed by atoms with van der Waals surface area (Å²) in [6.07, 6.45) is 1.62. The molecule has 1 aliphatic heterocycles. The van der Waals surface area contributed by atoms with Crippen LogP contribution in [-0.2, 0) is 0 Å². The van der Waals surface area contributed by atoms with E-state index in [-0.39, 0.29) is 12.1 Å². The largest absolute Gasteiger partial charge is 0.397 e. The number of halogens is 1. The van der Waals surface area contributed by atoms with E-state index in [0.29, 0.717) is 25.2 Å². The van der Waals surface area contributed by atoms with Crippen molar-refractivity contribution in [2.45, 2.75) is 31.6 Å². The highest BCUT2D eigenvalue weighted by molar-refractivity contribution is 5.65. The molecule has 0 aromatic heterocycles. The van der Waals surface area contributed by atoms with E-state index >= 15 is 0 Å². The van der Waals surface area contributed by atoms with Crippen molar-refractivity contribution in [3.05, 3.63) is 121 Å². The van der Waals surface area contributed by atoms with Crippen molar-refractivity contribution in [1.82, 2.24) is 10.2 Å². The molecular weight excluding hydrogens is 449 g/mol. The first kappa shape index (κ1) is 26.8. The molecule has 0 bridgehead atoms. The van der Waals surface area contributed by atoms with E-state index in [0.717, 1.165) is 23.5 Å². The number of likely N-dealkylation sites (tertiary alicyclic amines) is 1. The van der Waals surface area contributed by atoms with Crippen LogP contribution in [0, 0.1) is 0 Å². The van der Waals surface area contributed by atoms with Crippen molar-refractivity contribution in [1.29, 1.82) is 0 Å². The van der Waals surface area contributed by atoms with E-state index < -0.39 is 6.17 Å². The summed E-state index contributed by atoms with van der Waals surface area (Å²) in [4.78, 5) is 1.98. The molecule has 3 atom stereocenters. The van der Waals surface area contributed by atoms with Crippen LogP contribution in [0.15, 0.2) is 104 Å². The zero-order valence-electron chi connectivity index (χ0n) is 21.0. The highest BCUT2D eigenvalue weighted by atomic mass is 19.1. The normalized spacial score (nSPS) is 16.3. The van der Waals surface area contributed by atoms with Crippen LogP contribution >= 0.6 is 0 Å². The molecule has 0 amide bonds. The second-order valence-corrected chi connectivity index (χ2v) is 9.01. The van der Waals surface area contributed by atoms with Gasteiger partial charge in [-0.1, -0.05) is 79.9 Å². The second-order valence-electron chi connectivity index (χ2n) is 9.01. The third-order valence-electron chi connectivity index (χ3n) is 6.23. The summed E-state index contributed by atoms with van der Waals surface area (Å²) in [5, 5.41) is 6.51. The lowest BCUT2D eigenvalue weighted by molar-refractivity contribution is 0.324. The van der Waals surface area contributed by atoms with Crippen LogP contribution < -0.4 is 22.1 Å². The Labute approximate surface area is 214 Å². The molecular formula is C30H38FN5. The van der Waals surface area contributed by atoms with Crippen molar-refractivity contribution in [3.8, 4) is 0 Å². The van der Waals surface area contributed by atoms with E-state index in [1.54, 1.807) is 6.20 Å². The van der Waals surface area contributed by atoms with Crippen molar-refractivity contribution in [2.75, 3.05) is 30.7 Å². The molecule has 190 valence electrons. The second kappa shape index (κ2) is 13.4. The molecule has 0 radical (unpaired) electrons. The molecule has 1 heterocycles. The summed E-state index contributed by atoms with van der Waals surface area (Å²) in [5.41, 5.74) is 17.8. The lowest BCUT2D eigenvalue weighted by atomic mass is 9.97. The van der Waals surface area contributed by atoms with Gasteiger partial charge in [0, 0.05) is 24.8 Å². The van der Waals surface area contributed by atoms with E-state index in [2.05, 4.69) is 60.2 Å². The first-order chi connectivity index (χ1) is 17.4. The zero-order chi connectivity index (χ0) is 25.9. The van der Waals surface area contributed by atoms with E-state index in [1.165, 1.54) is 11.1 Å². The number of para-hydroxylation sites is 2. The van der Waals surface area contributed by atoms with E-state index in [1.807, 2.05) is 54.3 Å². The fourth-order valence-electron chi connectivity index (χ4n) is 4.11. The maximum absolute atomic E-state index is 13.0. The number of hydrogen-bond donors (Lipinski definition) is 4. The number of nitrogen functional groups attached to an aromatic ring is 1. The van der Waals surface area contributed by atoms with Gasteiger partial charge in [-0.05, 0) is 48.4 Å². The SMILES string of the molecule is C=C(CNc1ccccc1N)N1CCC(F)C1.C=CNC(c1ccccc1)c1ccc(C(C)N)cc1. The van der Waals surface area contributed by atoms with Crippen LogP contribution in [0.1, 0.15) is 42.1 Å². The molecule has 0 spiro atoms. The first-order valence-electron chi connectivity index (χ1n) is 12.3. The molecule has 6 heteroatoms. The maximum Gasteiger partial charge on any atom is 0.119 e. The Kier molecular flexibility index (Phi) is 9.95. The molecule has 3 unspecified atom stereocenters. The Morgan fingerprint density at radius 1 is 1.03 bits per heavy atom. The molecule has 5 nitrogen and oxygen atoms in total. The summed E-state index contributed by atoms with van der Waals surface area (Å²) < 4.78 is 13.0. The minimum absolute atomic E-state index is 0.0663. The van der Waals surface area contributed by atoms with Gasteiger partial charge in [0.25, 0.3) is 0 Å². The predicted octanol–water partition coefficient (Wildman–Crippen LogP) is 5.77. The van der Waals surface area contributed by atoms with Crippen LogP contribution in [0.3, 0.4) is 0 Å². The van der Waals surface area contributed by atoms with Gasteiger partial charge in [0.05, 0.1) is 24.0 Å². The zero-order valence-corrected chi connectivity index (χ0v) is 21.0. The summed E-state index contributed by atoms with van der Waals surface area (Å²) in [6.45, 7) is 11.5. The molecule has 1 saturated heterocycles. The Bertz CT molecular complexity index is 1100. The van der Waals surface area contributed by atoms with Crippen LogP contribution in [0.4, 0.5) is 15.8 Å². The first-order valence-corrected chi connectivity index (χ1v) is 12.3. The Balaban J connectivity index is 0.000000202. The Morgan fingerprint density at radius 3 is 2.22 bits per heavy atom. The van der Waals surface area contributed by atoms with Gasteiger partial charge in [0.1, 0.15) is 6.17 Å². The van der Waals surface area contributed by atoms with E-state index in [4.69, 9.17) is 11.5 Å². The molecule has 6 N–H and O–H groups in total. The van der Waals surface area contributed by atoms with Crippen molar-refractivity contribution >= 4 is 11.4 Å². The van der Waals surface area contributed by atoms with E-state index in [9.17, 15) is 4.39 Å². The van der Waals surface area contributed by atoms with Crippen LogP contribution in [0.25, 0.3) is 0 Å². The topological polar surface area (TPSA) is 79.3 Å². The van der Waals surface area contributed by atoms with Gasteiger partial charge in [-0.3, -0.25) is 0 Å². The lowest BCUT2D eigenvalue weighted by Crippen LogP contribution is -2.24. The minimum Gasteiger partial charge on any atom is -0.397 e. The molecule has 0 saturated carbocycles. The fourth-order valence-corrected chi connectivity index (χ4v) is 4.11. The third kappa shape index (κ3) is 7.62. The monoisotopic (exact) mass is 487 g/mol. The number of hydrogen-bond acceptors (Lipinski definition) is 5. The van der Waals surface area contributed by atoms with Gasteiger partial charge >= 0.3 is 0 Å². The minimum atomic E-state index is -0.714. The Hall–Kier alpha value is -3.77. The number of rotatable bonds is 9. The number of nitrogens with two attached hydrogens (primary N) is 2. The van der Waals surface area contributed by atoms with Gasteiger partial charge in [-0.2, -0.15) is 0 Å². The maximum atomic E-state index is 13.0. The van der Waals surface area contributed by atoms with Crippen molar-refractivity contribution < 1.29 is 4.39 Å². The molecule has 4 rings (SSSR count). The lowest BCUT2D eigenvalue weighted by Gasteiger charge is -2.21. The number of alkyl halides is 1. The summed E-state index contributed by atoms with van der Waals surface area (Å²) in [6, 6.07) is 26.5. The van der Waals surface area contributed by atoms with Crippen molar-refractivity contribution in [2.24, 2.45) is 5.73 Å². The van der Waals surface area contributed by atoms with Crippen molar-refractivity contribution in [3.63, 3.8) is 0 Å². The van der Waals surface area contributed by atoms with Gasteiger partial charge in [0.15, 0.2) is 0 Å². The smallest absolute Gasteiger partial charge is 0.119 e. The van der Waals surface area contributed by atoms with Gasteiger partial charge in [-0.25, -0.2) is 4.39 Å². The molecule has 3 aromatic carbocycles. The number of benzene rings is 3. The van der Waals surface area contributed by atoms with Crippen LogP contribution in [0.2, 0.25) is 0 Å². The quantitative estimate of drug-likeness (QED) is 0.288. The third-order valence-corrected chi connectivity index (χ3v) is 6.23. The van der Waals surface area contributed by atoms with Gasteiger partial charge in [-0.15, -0.1) is 0 Å². The average molecular weight is 488 g/mol. The highest BCUT2D eigenvalue weighted by Gasteiger charge is 2.22. The van der Waals surface area contributed by atoms with Gasteiger partial charge in [0.2, 0.25) is 0 Å². The number of nitrogens with one attached hydrogen (secondary N) is 2.